The van der Waals surface area contributed by atoms with Gasteiger partial charge in [-0.1, -0.05) is 44.2 Å². The van der Waals surface area contributed by atoms with Crippen molar-refractivity contribution in [2.45, 2.75) is 13.8 Å². The van der Waals surface area contributed by atoms with Crippen LogP contribution in [0.15, 0.2) is 60.8 Å². The fraction of sp³-hybridized carbons (Fsp3) is 0.261. The number of para-hydroxylation sites is 1. The number of ether oxygens (including phenoxy) is 1. The van der Waals surface area contributed by atoms with Crippen molar-refractivity contribution in [1.82, 2.24) is 20.4 Å². The summed E-state index contributed by atoms with van der Waals surface area (Å²) in [7, 11) is 1.60. The molecule has 0 unspecified atom stereocenters. The summed E-state index contributed by atoms with van der Waals surface area (Å²) in [6.07, 6.45) is 1.71. The van der Waals surface area contributed by atoms with Crippen molar-refractivity contribution in [2.24, 2.45) is 5.92 Å². The summed E-state index contributed by atoms with van der Waals surface area (Å²) < 4.78 is 7.00. The van der Waals surface area contributed by atoms with Crippen LogP contribution in [0.2, 0.25) is 0 Å². The highest BCUT2D eigenvalue weighted by atomic mass is 16.5. The number of amides is 2. The molecule has 3 aromatic rings. The first-order valence-electron chi connectivity index (χ1n) is 9.85. The lowest BCUT2D eigenvalue weighted by Gasteiger charge is -2.09. The second-order valence-electron chi connectivity index (χ2n) is 7.11. The molecular formula is C23H26N4O3. The third kappa shape index (κ3) is 5.05. The van der Waals surface area contributed by atoms with Crippen LogP contribution < -0.4 is 15.4 Å². The predicted molar refractivity (Wildman–Crippen MR) is 116 cm³/mol. The first-order valence-corrected chi connectivity index (χ1v) is 9.85. The van der Waals surface area contributed by atoms with Crippen molar-refractivity contribution in [3.63, 3.8) is 0 Å². The third-order valence-corrected chi connectivity index (χ3v) is 4.56. The van der Waals surface area contributed by atoms with Crippen molar-refractivity contribution in [3.05, 3.63) is 66.4 Å². The standard InChI is InChI=1S/C23H26N4O3/c1-16(2)22(28)24-12-13-25-23(29)20-15-27(18-9-5-4-6-10-18)26-21(20)17-8-7-11-19(14-17)30-3/h4-11,14-16H,12-13H2,1-3H3,(H,24,28)(H,25,29). The van der Waals surface area contributed by atoms with Crippen LogP contribution in [0.5, 0.6) is 5.75 Å². The Morgan fingerprint density at radius 3 is 2.47 bits per heavy atom. The second-order valence-corrected chi connectivity index (χ2v) is 7.11. The molecule has 156 valence electrons. The summed E-state index contributed by atoms with van der Waals surface area (Å²) in [5.41, 5.74) is 2.64. The van der Waals surface area contributed by atoms with Crippen molar-refractivity contribution < 1.29 is 14.3 Å². The molecule has 2 N–H and O–H groups in total. The van der Waals surface area contributed by atoms with Crippen molar-refractivity contribution in [3.8, 4) is 22.7 Å². The summed E-state index contributed by atoms with van der Waals surface area (Å²) >= 11 is 0. The summed E-state index contributed by atoms with van der Waals surface area (Å²) in [6, 6.07) is 17.0. The van der Waals surface area contributed by atoms with Gasteiger partial charge in [0.15, 0.2) is 0 Å². The fourth-order valence-corrected chi connectivity index (χ4v) is 2.90. The van der Waals surface area contributed by atoms with E-state index in [9.17, 15) is 9.59 Å². The van der Waals surface area contributed by atoms with Gasteiger partial charge in [0.1, 0.15) is 11.4 Å². The quantitative estimate of drug-likeness (QED) is 0.563. The van der Waals surface area contributed by atoms with E-state index in [2.05, 4.69) is 15.7 Å². The Morgan fingerprint density at radius 2 is 1.77 bits per heavy atom. The Balaban J connectivity index is 1.85. The van der Waals surface area contributed by atoms with E-state index >= 15 is 0 Å². The van der Waals surface area contributed by atoms with Gasteiger partial charge in [-0.2, -0.15) is 5.10 Å². The van der Waals surface area contributed by atoms with Gasteiger partial charge < -0.3 is 15.4 Å². The maximum Gasteiger partial charge on any atom is 0.255 e. The van der Waals surface area contributed by atoms with Crippen LogP contribution in [0.3, 0.4) is 0 Å². The van der Waals surface area contributed by atoms with Crippen molar-refractivity contribution in [1.29, 1.82) is 0 Å². The van der Waals surface area contributed by atoms with E-state index in [0.717, 1.165) is 11.3 Å². The Labute approximate surface area is 176 Å². The van der Waals surface area contributed by atoms with Crippen LogP contribution in [-0.4, -0.2) is 41.8 Å². The summed E-state index contributed by atoms with van der Waals surface area (Å²) in [5, 5.41) is 10.3. The molecule has 2 aromatic carbocycles. The highest BCUT2D eigenvalue weighted by Crippen LogP contribution is 2.27. The van der Waals surface area contributed by atoms with Crippen LogP contribution in [0.25, 0.3) is 16.9 Å². The van der Waals surface area contributed by atoms with E-state index in [1.807, 2.05) is 68.4 Å². The minimum atomic E-state index is -0.256. The van der Waals surface area contributed by atoms with Crippen LogP contribution in [0.1, 0.15) is 24.2 Å². The molecule has 7 heteroatoms. The molecular weight excluding hydrogens is 380 g/mol. The predicted octanol–water partition coefficient (Wildman–Crippen LogP) is 3.05. The minimum Gasteiger partial charge on any atom is -0.497 e. The molecule has 0 aliphatic carbocycles. The van der Waals surface area contributed by atoms with E-state index in [1.54, 1.807) is 18.0 Å². The summed E-state index contributed by atoms with van der Waals surface area (Å²) in [4.78, 5) is 24.6. The lowest BCUT2D eigenvalue weighted by Crippen LogP contribution is -2.36. The molecule has 0 bridgehead atoms. The van der Waals surface area contributed by atoms with Gasteiger partial charge in [-0.3, -0.25) is 9.59 Å². The second kappa shape index (κ2) is 9.73. The molecule has 0 atom stereocenters. The zero-order valence-electron chi connectivity index (χ0n) is 17.4. The number of methoxy groups -OCH3 is 1. The van der Waals surface area contributed by atoms with E-state index in [0.29, 0.717) is 30.1 Å². The van der Waals surface area contributed by atoms with Gasteiger partial charge in [0.2, 0.25) is 5.91 Å². The van der Waals surface area contributed by atoms with Crippen LogP contribution in [-0.2, 0) is 4.79 Å². The number of carbonyl (C=O) groups is 2. The molecule has 0 saturated heterocycles. The number of carbonyl (C=O) groups excluding carboxylic acids is 2. The average molecular weight is 406 g/mol. The van der Waals surface area contributed by atoms with E-state index in [-0.39, 0.29) is 17.7 Å². The zero-order chi connectivity index (χ0) is 21.5. The smallest absolute Gasteiger partial charge is 0.255 e. The van der Waals surface area contributed by atoms with Crippen LogP contribution >= 0.6 is 0 Å². The highest BCUT2D eigenvalue weighted by Gasteiger charge is 2.19. The first kappa shape index (κ1) is 21.1. The van der Waals surface area contributed by atoms with Gasteiger partial charge in [0.05, 0.1) is 18.4 Å². The Kier molecular flexibility index (Phi) is 6.85. The molecule has 0 aliphatic heterocycles. The lowest BCUT2D eigenvalue weighted by atomic mass is 10.1. The first-order chi connectivity index (χ1) is 14.5. The van der Waals surface area contributed by atoms with Crippen LogP contribution in [0.4, 0.5) is 0 Å². The average Bonchev–Trinajstić information content (AvgIpc) is 3.22. The summed E-state index contributed by atoms with van der Waals surface area (Å²) in [6.45, 7) is 4.34. The van der Waals surface area contributed by atoms with Gasteiger partial charge in [0.25, 0.3) is 5.91 Å². The van der Waals surface area contributed by atoms with Crippen molar-refractivity contribution in [2.75, 3.05) is 20.2 Å². The maximum atomic E-state index is 12.9. The zero-order valence-corrected chi connectivity index (χ0v) is 17.4. The number of benzene rings is 2. The number of hydrogen-bond donors (Lipinski definition) is 2. The van der Waals surface area contributed by atoms with Gasteiger partial charge in [0, 0.05) is 30.8 Å². The maximum absolute atomic E-state index is 12.9. The molecule has 1 heterocycles. The van der Waals surface area contributed by atoms with Crippen LogP contribution in [0, 0.1) is 5.92 Å². The Morgan fingerprint density at radius 1 is 1.03 bits per heavy atom. The van der Waals surface area contributed by atoms with E-state index in [1.165, 1.54) is 0 Å². The largest absolute Gasteiger partial charge is 0.497 e. The molecule has 7 nitrogen and oxygen atoms in total. The van der Waals surface area contributed by atoms with Gasteiger partial charge in [-0.15, -0.1) is 0 Å². The normalized spacial score (nSPS) is 10.7. The Hall–Kier alpha value is -3.61. The molecule has 0 fully saturated rings. The number of nitrogens with one attached hydrogen (secondary N) is 2. The third-order valence-electron chi connectivity index (χ3n) is 4.56. The number of rotatable bonds is 8. The molecule has 1 aromatic heterocycles. The molecule has 0 spiro atoms. The number of hydrogen-bond acceptors (Lipinski definition) is 4. The molecule has 3 rings (SSSR count). The molecule has 0 aliphatic rings. The molecule has 0 radical (unpaired) electrons. The number of aromatic nitrogens is 2. The monoisotopic (exact) mass is 406 g/mol. The van der Waals surface area contributed by atoms with Gasteiger partial charge >= 0.3 is 0 Å². The van der Waals surface area contributed by atoms with Gasteiger partial charge in [-0.05, 0) is 24.3 Å². The van der Waals surface area contributed by atoms with E-state index in [4.69, 9.17) is 4.74 Å². The van der Waals surface area contributed by atoms with Gasteiger partial charge in [-0.25, -0.2) is 4.68 Å². The Bertz CT molecular complexity index is 1010. The highest BCUT2D eigenvalue weighted by molar-refractivity contribution is 6.00. The SMILES string of the molecule is COc1cccc(-c2nn(-c3ccccc3)cc2C(=O)NCCNC(=O)C(C)C)c1. The van der Waals surface area contributed by atoms with E-state index < -0.39 is 0 Å². The topological polar surface area (TPSA) is 85.2 Å². The minimum absolute atomic E-state index is 0.0433. The molecule has 0 saturated carbocycles. The molecule has 2 amide bonds. The van der Waals surface area contributed by atoms with Crippen molar-refractivity contribution >= 4 is 11.8 Å². The summed E-state index contributed by atoms with van der Waals surface area (Å²) in [5.74, 6) is 0.293. The fourth-order valence-electron chi connectivity index (χ4n) is 2.90. The lowest BCUT2D eigenvalue weighted by molar-refractivity contribution is -0.123. The molecule has 30 heavy (non-hydrogen) atoms. The number of nitrogens with zero attached hydrogens (tertiary/aromatic N) is 2.